The van der Waals surface area contributed by atoms with Gasteiger partial charge in [0.15, 0.2) is 6.10 Å². The third-order valence-corrected chi connectivity index (χ3v) is 9.64. The summed E-state index contributed by atoms with van der Waals surface area (Å²) in [7, 11) is -4.75. The van der Waals surface area contributed by atoms with Crippen LogP contribution in [-0.4, -0.2) is 71.1 Å². The van der Waals surface area contributed by atoms with Crippen LogP contribution in [0.3, 0.4) is 0 Å². The van der Waals surface area contributed by atoms with Gasteiger partial charge in [0.05, 0.1) is 19.3 Å². The second kappa shape index (κ2) is 40.0. The van der Waals surface area contributed by atoms with Gasteiger partial charge in [-0.15, -0.1) is 0 Å². The van der Waals surface area contributed by atoms with Crippen LogP contribution in [-0.2, 0) is 37.5 Å². The van der Waals surface area contributed by atoms with Crippen LogP contribution in [0.2, 0.25) is 0 Å². The first-order valence-corrected chi connectivity index (χ1v) is 23.2. The lowest BCUT2D eigenvalue weighted by molar-refractivity contribution is -0.161. The minimum absolute atomic E-state index is 0.111. The maximum atomic E-state index is 12.6. The Morgan fingerprint density at radius 3 is 1.63 bits per heavy atom. The topological polar surface area (TPSA) is 192 Å². The second-order valence-corrected chi connectivity index (χ2v) is 15.7. The fraction of sp³-hybridized carbons (Fsp3) is 0.630. The molecule has 4 atom stereocenters. The van der Waals surface area contributed by atoms with Crippen LogP contribution in [0.5, 0.6) is 0 Å². The van der Waals surface area contributed by atoms with Crippen LogP contribution in [0.25, 0.3) is 0 Å². The number of aliphatic carboxylic acids is 1. The van der Waals surface area contributed by atoms with Crippen LogP contribution in [0.15, 0.2) is 85.1 Å². The van der Waals surface area contributed by atoms with Crippen molar-refractivity contribution in [2.45, 2.75) is 167 Å². The Morgan fingerprint density at radius 2 is 1.07 bits per heavy atom. The molecule has 0 fully saturated rings. The predicted molar refractivity (Wildman–Crippen MR) is 236 cm³/mol. The molecule has 0 aliphatic carbocycles. The van der Waals surface area contributed by atoms with Crippen LogP contribution in [0.1, 0.15) is 149 Å². The molecule has 0 aliphatic heterocycles. The first-order chi connectivity index (χ1) is 28.5. The van der Waals surface area contributed by atoms with Gasteiger partial charge >= 0.3 is 25.7 Å². The number of carboxylic acids is 1. The Balaban J connectivity index is 4.55. The highest BCUT2D eigenvalue weighted by Crippen LogP contribution is 2.43. The lowest BCUT2D eigenvalue weighted by Crippen LogP contribution is -2.34. The third kappa shape index (κ3) is 39.8. The summed E-state index contributed by atoms with van der Waals surface area (Å²) < 4.78 is 32.6. The molecule has 5 N–H and O–H groups in total. The molecule has 0 heterocycles. The number of hydrogen-bond donors (Lipinski definition) is 4. The fourth-order valence-electron chi connectivity index (χ4n) is 5.20. The molecule has 0 aromatic heterocycles. The lowest BCUT2D eigenvalue weighted by atomic mass is 10.1. The summed E-state index contributed by atoms with van der Waals surface area (Å²) in [5, 5.41) is 18.7. The Hall–Kier alpha value is -3.38. The number of phosphoric ester groups is 1. The van der Waals surface area contributed by atoms with E-state index in [-0.39, 0.29) is 18.9 Å². The van der Waals surface area contributed by atoms with Gasteiger partial charge in [-0.1, -0.05) is 137 Å². The lowest BCUT2D eigenvalue weighted by Gasteiger charge is -2.20. The standard InChI is InChI=1S/C46H76NO11P/c1-3-5-7-8-9-10-11-12-13-14-15-16-21-24-27-30-33-37-45(50)58-42(39-56-59(53,54)57-40-43(47)46(51)52)38-55-44(49)36-32-29-26-23-20-18-17-19-22-25-28-31-35-41(48)34-6-4-2/h9-10,12-13,15-18,22-23,25-26,31,35,41-43,48H,3-8,11,14,19-21,24,27-30,32-34,36-40,47H2,1-2H3,(H,51,52)(H,53,54)/b10-9-,13-12-,16-15-,18-17-,25-22-,26-23-,35-31-/t41-,42+,43-/m0/s1. The summed E-state index contributed by atoms with van der Waals surface area (Å²) in [6, 6.07) is -1.54. The van der Waals surface area contributed by atoms with Crippen LogP contribution >= 0.6 is 7.82 Å². The average molecular weight is 850 g/mol. The quantitative estimate of drug-likeness (QED) is 0.0198. The van der Waals surface area contributed by atoms with Crippen molar-refractivity contribution in [3.8, 4) is 0 Å². The largest absolute Gasteiger partial charge is 0.480 e. The summed E-state index contributed by atoms with van der Waals surface area (Å²) >= 11 is 0. The summed E-state index contributed by atoms with van der Waals surface area (Å²) in [5.41, 5.74) is 5.32. The summed E-state index contributed by atoms with van der Waals surface area (Å²) in [6.07, 6.45) is 45.6. The van der Waals surface area contributed by atoms with Crippen molar-refractivity contribution in [3.05, 3.63) is 85.1 Å². The molecule has 0 saturated carbocycles. The van der Waals surface area contributed by atoms with Gasteiger partial charge in [-0.3, -0.25) is 23.4 Å². The van der Waals surface area contributed by atoms with E-state index in [0.717, 1.165) is 83.5 Å². The number of ether oxygens (including phenoxy) is 2. The molecule has 13 heteroatoms. The number of carboxylic acid groups (broad SMARTS) is 1. The molecule has 0 spiro atoms. The average Bonchev–Trinajstić information content (AvgIpc) is 3.21. The van der Waals surface area contributed by atoms with E-state index >= 15 is 0 Å². The minimum Gasteiger partial charge on any atom is -0.480 e. The molecule has 0 saturated heterocycles. The van der Waals surface area contributed by atoms with Gasteiger partial charge in [-0.25, -0.2) is 4.57 Å². The molecular weight excluding hydrogens is 773 g/mol. The first kappa shape index (κ1) is 55.6. The number of carbonyl (C=O) groups excluding carboxylic acids is 2. The molecule has 336 valence electrons. The smallest absolute Gasteiger partial charge is 0.472 e. The van der Waals surface area contributed by atoms with Gasteiger partial charge in [0.25, 0.3) is 0 Å². The number of hydrogen-bond acceptors (Lipinski definition) is 10. The summed E-state index contributed by atoms with van der Waals surface area (Å²) in [4.78, 5) is 45.9. The van der Waals surface area contributed by atoms with Crippen molar-refractivity contribution in [1.29, 1.82) is 0 Å². The zero-order valence-corrected chi connectivity index (χ0v) is 36.8. The minimum atomic E-state index is -4.75. The van der Waals surface area contributed by atoms with E-state index in [9.17, 15) is 28.9 Å². The van der Waals surface area contributed by atoms with E-state index in [2.05, 4.69) is 79.1 Å². The molecule has 0 aromatic rings. The number of phosphoric acid groups is 1. The molecule has 1 unspecified atom stereocenters. The zero-order valence-electron chi connectivity index (χ0n) is 35.9. The van der Waals surface area contributed by atoms with Gasteiger partial charge < -0.3 is 30.3 Å². The van der Waals surface area contributed by atoms with Crippen LogP contribution in [0, 0.1) is 0 Å². The molecule has 0 aliphatic rings. The molecule has 12 nitrogen and oxygen atoms in total. The van der Waals surface area contributed by atoms with Crippen LogP contribution < -0.4 is 5.73 Å². The van der Waals surface area contributed by atoms with E-state index in [0.29, 0.717) is 19.3 Å². The summed E-state index contributed by atoms with van der Waals surface area (Å²) in [5.74, 6) is -2.52. The number of aliphatic hydroxyl groups excluding tert-OH is 1. The Labute approximate surface area is 355 Å². The first-order valence-electron chi connectivity index (χ1n) is 21.7. The van der Waals surface area contributed by atoms with E-state index < -0.39 is 57.7 Å². The second-order valence-electron chi connectivity index (χ2n) is 14.3. The fourth-order valence-corrected chi connectivity index (χ4v) is 5.98. The highest BCUT2D eigenvalue weighted by Gasteiger charge is 2.28. The molecule has 0 aromatic carbocycles. The molecule has 0 radical (unpaired) electrons. The van der Waals surface area contributed by atoms with Crippen molar-refractivity contribution in [3.63, 3.8) is 0 Å². The molecule has 0 bridgehead atoms. The van der Waals surface area contributed by atoms with Crippen molar-refractivity contribution in [2.24, 2.45) is 5.73 Å². The number of rotatable bonds is 39. The highest BCUT2D eigenvalue weighted by molar-refractivity contribution is 7.47. The highest BCUT2D eigenvalue weighted by atomic mass is 31.2. The van der Waals surface area contributed by atoms with Gasteiger partial charge in [-0.05, 0) is 83.5 Å². The number of nitrogens with two attached hydrogens (primary N) is 1. The zero-order chi connectivity index (χ0) is 43.7. The number of esters is 2. The van der Waals surface area contributed by atoms with Gasteiger partial charge in [-0.2, -0.15) is 0 Å². The summed E-state index contributed by atoms with van der Waals surface area (Å²) in [6.45, 7) is 2.51. The maximum Gasteiger partial charge on any atom is 0.472 e. The number of unbranched alkanes of at least 4 members (excludes halogenated alkanes) is 9. The van der Waals surface area contributed by atoms with Gasteiger partial charge in [0, 0.05) is 12.8 Å². The number of aliphatic hydroxyl groups is 1. The van der Waals surface area contributed by atoms with Crippen molar-refractivity contribution >= 4 is 25.7 Å². The van der Waals surface area contributed by atoms with E-state index in [4.69, 9.17) is 24.8 Å². The third-order valence-electron chi connectivity index (χ3n) is 8.69. The van der Waals surface area contributed by atoms with E-state index in [1.807, 2.05) is 24.3 Å². The Morgan fingerprint density at radius 1 is 0.593 bits per heavy atom. The molecule has 0 rings (SSSR count). The maximum absolute atomic E-state index is 12.6. The van der Waals surface area contributed by atoms with Crippen molar-refractivity contribution in [1.82, 2.24) is 0 Å². The predicted octanol–water partition coefficient (Wildman–Crippen LogP) is 10.5. The number of allylic oxidation sites excluding steroid dienone is 13. The monoisotopic (exact) mass is 850 g/mol. The SMILES string of the molecule is CCCCC/C=C\C/C=C\C/C=C\CCCCCCC(=O)O[C@H](COC(=O)CCC/C=C\C/C=C\C/C=C\C/C=C\[C@@H](O)CCCC)COP(=O)(O)OC[C@H](N)C(=O)O. The van der Waals surface area contributed by atoms with Crippen molar-refractivity contribution < 1.29 is 52.6 Å². The normalized spacial score (nSPS) is 15.1. The van der Waals surface area contributed by atoms with E-state index in [1.54, 1.807) is 0 Å². The van der Waals surface area contributed by atoms with Crippen LogP contribution in [0.4, 0.5) is 0 Å². The van der Waals surface area contributed by atoms with Crippen molar-refractivity contribution in [2.75, 3.05) is 19.8 Å². The Kier molecular flexibility index (Phi) is 37.8. The number of carbonyl (C=O) groups is 3. The Bertz CT molecular complexity index is 1340. The molecule has 0 amide bonds. The van der Waals surface area contributed by atoms with Gasteiger partial charge in [0.2, 0.25) is 0 Å². The van der Waals surface area contributed by atoms with Gasteiger partial charge in [0.1, 0.15) is 12.6 Å². The van der Waals surface area contributed by atoms with E-state index in [1.165, 1.54) is 19.3 Å². The molecular formula is C46H76NO11P. The molecule has 59 heavy (non-hydrogen) atoms.